The van der Waals surface area contributed by atoms with Crippen molar-refractivity contribution in [3.63, 3.8) is 0 Å². The quantitative estimate of drug-likeness (QED) is 0.716. The Balaban J connectivity index is 2.18. The van der Waals surface area contributed by atoms with E-state index in [1.165, 1.54) is 0 Å². The number of morpholine rings is 1. The van der Waals surface area contributed by atoms with Crippen LogP contribution in [0.25, 0.3) is 0 Å². The molecule has 0 aromatic heterocycles. The molecule has 1 aliphatic heterocycles. The van der Waals surface area contributed by atoms with Gasteiger partial charge >= 0.3 is 0 Å². The highest BCUT2D eigenvalue weighted by atomic mass is 127. The molecule has 0 aliphatic carbocycles. The Bertz CT molecular complexity index is 439. The number of carbonyl (C=O) groups excluding carboxylic acids is 1. The molecule has 17 heavy (non-hydrogen) atoms. The number of hydrogen-bond donors (Lipinski definition) is 0. The molecule has 1 saturated heterocycles. The van der Waals surface area contributed by atoms with Gasteiger partial charge in [0.15, 0.2) is 0 Å². The van der Waals surface area contributed by atoms with Gasteiger partial charge in [0.2, 0.25) is 0 Å². The first kappa shape index (κ1) is 13.1. The van der Waals surface area contributed by atoms with Gasteiger partial charge in [0.25, 0.3) is 5.91 Å². The SMILES string of the molecule is CC1CN(C(=O)c2ccc(Cl)cc2I)CCO1. The maximum absolute atomic E-state index is 12.3. The lowest BCUT2D eigenvalue weighted by atomic mass is 10.2. The lowest BCUT2D eigenvalue weighted by Crippen LogP contribution is -2.44. The Hall–Kier alpha value is -0.330. The predicted molar refractivity (Wildman–Crippen MR) is 75.5 cm³/mol. The second-order valence-electron chi connectivity index (χ2n) is 4.06. The summed E-state index contributed by atoms with van der Waals surface area (Å²) in [5.41, 5.74) is 0.712. The molecule has 2 rings (SSSR count). The molecule has 0 N–H and O–H groups in total. The van der Waals surface area contributed by atoms with Gasteiger partial charge in [0.1, 0.15) is 0 Å². The minimum absolute atomic E-state index is 0.0567. The van der Waals surface area contributed by atoms with Crippen LogP contribution in [0.15, 0.2) is 18.2 Å². The first-order valence-electron chi connectivity index (χ1n) is 5.44. The fourth-order valence-electron chi connectivity index (χ4n) is 1.84. The van der Waals surface area contributed by atoms with Crippen LogP contribution in [0, 0.1) is 3.57 Å². The fraction of sp³-hybridized carbons (Fsp3) is 0.417. The zero-order valence-corrected chi connectivity index (χ0v) is 12.4. The third-order valence-corrected chi connectivity index (χ3v) is 3.82. The summed E-state index contributed by atoms with van der Waals surface area (Å²) in [7, 11) is 0. The van der Waals surface area contributed by atoms with Gasteiger partial charge in [-0.1, -0.05) is 11.6 Å². The van der Waals surface area contributed by atoms with Gasteiger partial charge in [-0.3, -0.25) is 4.79 Å². The summed E-state index contributed by atoms with van der Waals surface area (Å²) < 4.78 is 6.31. The molecule has 1 aliphatic rings. The number of carbonyl (C=O) groups is 1. The molecule has 0 saturated carbocycles. The van der Waals surface area contributed by atoms with Crippen molar-refractivity contribution >= 4 is 40.1 Å². The first-order valence-corrected chi connectivity index (χ1v) is 6.89. The van der Waals surface area contributed by atoms with Gasteiger partial charge in [0.05, 0.1) is 18.3 Å². The van der Waals surface area contributed by atoms with Crippen LogP contribution >= 0.6 is 34.2 Å². The van der Waals surface area contributed by atoms with E-state index in [0.717, 1.165) is 3.57 Å². The summed E-state index contributed by atoms with van der Waals surface area (Å²) in [5, 5.41) is 0.654. The van der Waals surface area contributed by atoms with E-state index < -0.39 is 0 Å². The number of benzene rings is 1. The topological polar surface area (TPSA) is 29.5 Å². The van der Waals surface area contributed by atoms with Crippen molar-refractivity contribution in [2.75, 3.05) is 19.7 Å². The van der Waals surface area contributed by atoms with E-state index >= 15 is 0 Å². The maximum Gasteiger partial charge on any atom is 0.255 e. The molecule has 92 valence electrons. The van der Waals surface area contributed by atoms with Crippen molar-refractivity contribution in [2.45, 2.75) is 13.0 Å². The number of ether oxygens (including phenoxy) is 1. The number of nitrogens with zero attached hydrogens (tertiary/aromatic N) is 1. The maximum atomic E-state index is 12.3. The Kier molecular flexibility index (Phi) is 4.27. The summed E-state index contributed by atoms with van der Waals surface area (Å²) in [6.07, 6.45) is 0.109. The summed E-state index contributed by atoms with van der Waals surface area (Å²) >= 11 is 8.02. The number of halogens is 2. The van der Waals surface area contributed by atoms with Gasteiger partial charge in [-0.2, -0.15) is 0 Å². The Morgan fingerprint density at radius 3 is 3.00 bits per heavy atom. The Morgan fingerprint density at radius 1 is 1.59 bits per heavy atom. The van der Waals surface area contributed by atoms with Crippen LogP contribution in [0.1, 0.15) is 17.3 Å². The van der Waals surface area contributed by atoms with Crippen LogP contribution in [0.2, 0.25) is 5.02 Å². The van der Waals surface area contributed by atoms with Gasteiger partial charge in [-0.25, -0.2) is 0 Å². The molecular weight excluding hydrogens is 352 g/mol. The third-order valence-electron chi connectivity index (χ3n) is 2.69. The Labute approximate surface area is 119 Å². The van der Waals surface area contributed by atoms with Crippen molar-refractivity contribution in [1.29, 1.82) is 0 Å². The zero-order valence-electron chi connectivity index (χ0n) is 9.45. The van der Waals surface area contributed by atoms with E-state index in [9.17, 15) is 4.79 Å². The summed E-state index contributed by atoms with van der Waals surface area (Å²) in [6, 6.07) is 5.34. The summed E-state index contributed by atoms with van der Waals surface area (Å²) in [5.74, 6) is 0.0567. The second kappa shape index (κ2) is 5.54. The lowest BCUT2D eigenvalue weighted by molar-refractivity contribution is -0.0124. The predicted octanol–water partition coefficient (Wildman–Crippen LogP) is 2.81. The number of rotatable bonds is 1. The van der Waals surface area contributed by atoms with Gasteiger partial charge < -0.3 is 9.64 Å². The smallest absolute Gasteiger partial charge is 0.255 e. The van der Waals surface area contributed by atoms with Gasteiger partial charge in [-0.05, 0) is 47.7 Å². The van der Waals surface area contributed by atoms with Gasteiger partial charge in [0, 0.05) is 21.7 Å². The normalized spacial score (nSPS) is 20.4. The molecule has 1 aromatic carbocycles. The Morgan fingerprint density at radius 2 is 2.35 bits per heavy atom. The van der Waals surface area contributed by atoms with Crippen LogP contribution in [0.3, 0.4) is 0 Å². The highest BCUT2D eigenvalue weighted by molar-refractivity contribution is 14.1. The number of hydrogen-bond acceptors (Lipinski definition) is 2. The average molecular weight is 366 g/mol. The average Bonchev–Trinajstić information content (AvgIpc) is 2.28. The van der Waals surface area contributed by atoms with Crippen molar-refractivity contribution in [2.24, 2.45) is 0 Å². The van der Waals surface area contributed by atoms with Crippen molar-refractivity contribution in [3.8, 4) is 0 Å². The molecule has 5 heteroatoms. The van der Waals surface area contributed by atoms with Crippen LogP contribution in [-0.4, -0.2) is 36.6 Å². The van der Waals surface area contributed by atoms with Crippen LogP contribution in [0.4, 0.5) is 0 Å². The van der Waals surface area contributed by atoms with Crippen LogP contribution in [0.5, 0.6) is 0 Å². The lowest BCUT2D eigenvalue weighted by Gasteiger charge is -2.31. The molecule has 1 amide bonds. The fourth-order valence-corrected chi connectivity index (χ4v) is 2.94. The third kappa shape index (κ3) is 3.11. The molecule has 1 unspecified atom stereocenters. The largest absolute Gasteiger partial charge is 0.375 e. The minimum Gasteiger partial charge on any atom is -0.375 e. The first-order chi connectivity index (χ1) is 8.08. The number of amides is 1. The molecule has 1 aromatic rings. The van der Waals surface area contributed by atoms with E-state index in [-0.39, 0.29) is 12.0 Å². The monoisotopic (exact) mass is 365 g/mol. The van der Waals surface area contributed by atoms with Crippen molar-refractivity contribution in [1.82, 2.24) is 4.90 Å². The minimum atomic E-state index is 0.0567. The summed E-state index contributed by atoms with van der Waals surface area (Å²) in [4.78, 5) is 14.1. The zero-order chi connectivity index (χ0) is 12.4. The molecular formula is C12H13ClINO2. The highest BCUT2D eigenvalue weighted by Crippen LogP contribution is 2.20. The summed E-state index contributed by atoms with van der Waals surface area (Å²) in [6.45, 7) is 3.89. The molecule has 0 bridgehead atoms. The second-order valence-corrected chi connectivity index (χ2v) is 5.66. The molecule has 0 spiro atoms. The standard InChI is InChI=1S/C12H13ClINO2/c1-8-7-15(4-5-17-8)12(16)10-3-2-9(13)6-11(10)14/h2-3,6,8H,4-5,7H2,1H3. The van der Waals surface area contributed by atoms with Crippen LogP contribution in [-0.2, 0) is 4.74 Å². The molecule has 0 radical (unpaired) electrons. The molecule has 3 nitrogen and oxygen atoms in total. The van der Waals surface area contributed by atoms with E-state index in [1.807, 2.05) is 11.8 Å². The van der Waals surface area contributed by atoms with E-state index in [0.29, 0.717) is 30.3 Å². The van der Waals surface area contributed by atoms with Crippen LogP contribution < -0.4 is 0 Å². The van der Waals surface area contributed by atoms with E-state index in [2.05, 4.69) is 22.6 Å². The van der Waals surface area contributed by atoms with Crippen molar-refractivity contribution in [3.05, 3.63) is 32.4 Å². The highest BCUT2D eigenvalue weighted by Gasteiger charge is 2.23. The molecule has 1 heterocycles. The van der Waals surface area contributed by atoms with E-state index in [4.69, 9.17) is 16.3 Å². The van der Waals surface area contributed by atoms with E-state index in [1.54, 1.807) is 18.2 Å². The van der Waals surface area contributed by atoms with Crippen molar-refractivity contribution < 1.29 is 9.53 Å². The van der Waals surface area contributed by atoms with Gasteiger partial charge in [-0.15, -0.1) is 0 Å². The molecule has 1 atom stereocenters. The molecule has 1 fully saturated rings.